The zero-order valence-electron chi connectivity index (χ0n) is 14.9. The number of carbonyl (C=O) groups is 2. The average molecular weight is 368 g/mol. The molecule has 7 heteroatoms. The molecule has 0 bridgehead atoms. The maximum absolute atomic E-state index is 12.2. The Bertz CT molecular complexity index is 941. The molecule has 0 unspecified atom stereocenters. The highest BCUT2D eigenvalue weighted by Crippen LogP contribution is 2.22. The van der Waals surface area contributed by atoms with Crippen LogP contribution in [0.25, 0.3) is 5.69 Å². The minimum absolute atomic E-state index is 0.310. The number of thiophene rings is 1. The number of rotatable bonds is 4. The van der Waals surface area contributed by atoms with E-state index in [0.29, 0.717) is 10.4 Å². The molecule has 0 aliphatic rings. The third kappa shape index (κ3) is 3.67. The zero-order valence-corrected chi connectivity index (χ0v) is 15.7. The molecule has 2 N–H and O–H groups in total. The highest BCUT2D eigenvalue weighted by molar-refractivity contribution is 7.14. The van der Waals surface area contributed by atoms with Gasteiger partial charge in [0.15, 0.2) is 0 Å². The molecule has 0 aliphatic heterocycles. The summed E-state index contributed by atoms with van der Waals surface area (Å²) >= 11 is 1.44. The van der Waals surface area contributed by atoms with E-state index >= 15 is 0 Å². The second kappa shape index (κ2) is 7.53. The molecule has 2 heterocycles. The summed E-state index contributed by atoms with van der Waals surface area (Å²) < 4.78 is 1.79. The Hall–Kier alpha value is -2.93. The van der Waals surface area contributed by atoms with Gasteiger partial charge >= 0.3 is 0 Å². The summed E-state index contributed by atoms with van der Waals surface area (Å²) in [7, 11) is 0. The van der Waals surface area contributed by atoms with Crippen LogP contribution in [0, 0.1) is 13.8 Å². The standard InChI is InChI=1S/C19H20N4O2S/c1-4-16-12(2)11-17(26-16)19(25)22-21-18(24)14-5-7-15(8-6-14)23-13(3)9-10-20-23/h5-11H,4H2,1-3H3,(H,21,24)(H,22,25). The molecule has 2 aromatic heterocycles. The first-order valence-corrected chi connectivity index (χ1v) is 9.12. The number of benzene rings is 1. The average Bonchev–Trinajstić information content (AvgIpc) is 3.24. The smallest absolute Gasteiger partial charge is 0.267 e. The van der Waals surface area contributed by atoms with Gasteiger partial charge in [-0.2, -0.15) is 5.10 Å². The Morgan fingerprint density at radius 1 is 1.08 bits per heavy atom. The number of hydrogen-bond acceptors (Lipinski definition) is 4. The van der Waals surface area contributed by atoms with Gasteiger partial charge in [0.25, 0.3) is 11.8 Å². The van der Waals surface area contributed by atoms with Crippen LogP contribution < -0.4 is 10.9 Å². The van der Waals surface area contributed by atoms with Crippen LogP contribution >= 0.6 is 11.3 Å². The maximum Gasteiger partial charge on any atom is 0.279 e. The van der Waals surface area contributed by atoms with E-state index in [1.54, 1.807) is 23.0 Å². The van der Waals surface area contributed by atoms with E-state index in [-0.39, 0.29) is 11.8 Å². The van der Waals surface area contributed by atoms with Gasteiger partial charge in [-0.25, -0.2) is 4.68 Å². The van der Waals surface area contributed by atoms with Crippen molar-refractivity contribution in [2.24, 2.45) is 0 Å². The van der Waals surface area contributed by atoms with Gasteiger partial charge < -0.3 is 0 Å². The lowest BCUT2D eigenvalue weighted by atomic mass is 10.2. The number of nitrogens with one attached hydrogen (secondary N) is 2. The molecule has 134 valence electrons. The van der Waals surface area contributed by atoms with Crippen molar-refractivity contribution >= 4 is 23.2 Å². The SMILES string of the molecule is CCc1sc(C(=O)NNC(=O)c2ccc(-n3nccc3C)cc2)cc1C. The first-order chi connectivity index (χ1) is 12.5. The molecule has 0 saturated carbocycles. The molecule has 0 atom stereocenters. The van der Waals surface area contributed by atoms with Crippen LogP contribution in [-0.2, 0) is 6.42 Å². The summed E-state index contributed by atoms with van der Waals surface area (Å²) in [5, 5.41) is 4.23. The molecule has 2 amide bonds. The lowest BCUT2D eigenvalue weighted by molar-refractivity contribution is 0.0849. The number of amides is 2. The van der Waals surface area contributed by atoms with Crippen molar-refractivity contribution < 1.29 is 9.59 Å². The summed E-state index contributed by atoms with van der Waals surface area (Å²) in [4.78, 5) is 26.2. The first-order valence-electron chi connectivity index (χ1n) is 8.30. The number of hydrazine groups is 1. The lowest BCUT2D eigenvalue weighted by Crippen LogP contribution is -2.41. The summed E-state index contributed by atoms with van der Waals surface area (Å²) in [6, 6.07) is 10.8. The topological polar surface area (TPSA) is 76.0 Å². The first kappa shape index (κ1) is 17.9. The van der Waals surface area contributed by atoms with Crippen molar-refractivity contribution in [2.45, 2.75) is 27.2 Å². The molecule has 6 nitrogen and oxygen atoms in total. The molecule has 3 rings (SSSR count). The van der Waals surface area contributed by atoms with Crippen molar-refractivity contribution in [3.63, 3.8) is 0 Å². The predicted molar refractivity (Wildman–Crippen MR) is 102 cm³/mol. The molecular formula is C19H20N4O2S. The van der Waals surface area contributed by atoms with E-state index in [2.05, 4.69) is 22.9 Å². The molecule has 0 aliphatic carbocycles. The van der Waals surface area contributed by atoms with E-state index in [1.807, 2.05) is 38.1 Å². The van der Waals surface area contributed by atoms with E-state index < -0.39 is 0 Å². The van der Waals surface area contributed by atoms with Crippen molar-refractivity contribution in [1.82, 2.24) is 20.6 Å². The fourth-order valence-electron chi connectivity index (χ4n) is 2.62. The molecule has 26 heavy (non-hydrogen) atoms. The number of aryl methyl sites for hydroxylation is 3. The van der Waals surface area contributed by atoms with Crippen LogP contribution in [0.15, 0.2) is 42.6 Å². The Balaban J connectivity index is 1.63. The fourth-order valence-corrected chi connectivity index (χ4v) is 3.63. The lowest BCUT2D eigenvalue weighted by Gasteiger charge is -2.08. The molecule has 3 aromatic rings. The van der Waals surface area contributed by atoms with Gasteiger partial charge in [-0.1, -0.05) is 6.92 Å². The van der Waals surface area contributed by atoms with Crippen LogP contribution in [0.3, 0.4) is 0 Å². The highest BCUT2D eigenvalue weighted by atomic mass is 32.1. The van der Waals surface area contributed by atoms with E-state index in [4.69, 9.17) is 0 Å². The van der Waals surface area contributed by atoms with Crippen molar-refractivity contribution in [2.75, 3.05) is 0 Å². The van der Waals surface area contributed by atoms with Crippen molar-refractivity contribution in [3.8, 4) is 5.69 Å². The Morgan fingerprint density at radius 3 is 2.35 bits per heavy atom. The van der Waals surface area contributed by atoms with Gasteiger partial charge in [0.1, 0.15) is 0 Å². The molecule has 0 fully saturated rings. The second-order valence-corrected chi connectivity index (χ2v) is 7.05. The van der Waals surface area contributed by atoms with Gasteiger partial charge in [-0.05, 0) is 62.2 Å². The van der Waals surface area contributed by atoms with Gasteiger partial charge in [0, 0.05) is 22.3 Å². The van der Waals surface area contributed by atoms with Gasteiger partial charge in [0.05, 0.1) is 10.6 Å². The van der Waals surface area contributed by atoms with Crippen LogP contribution in [0.1, 0.15) is 43.1 Å². The van der Waals surface area contributed by atoms with Crippen LogP contribution in [0.4, 0.5) is 0 Å². The predicted octanol–water partition coefficient (Wildman–Crippen LogP) is 3.19. The monoisotopic (exact) mass is 368 g/mol. The van der Waals surface area contributed by atoms with Crippen LogP contribution in [-0.4, -0.2) is 21.6 Å². The molecule has 0 saturated heterocycles. The van der Waals surface area contributed by atoms with Crippen molar-refractivity contribution in [3.05, 3.63) is 69.2 Å². The summed E-state index contributed by atoms with van der Waals surface area (Å²) in [5.74, 6) is -0.680. The Labute approximate surface area is 155 Å². The Kier molecular flexibility index (Phi) is 5.18. The van der Waals surface area contributed by atoms with E-state index in [1.165, 1.54) is 16.2 Å². The fraction of sp³-hybridized carbons (Fsp3) is 0.211. The maximum atomic E-state index is 12.2. The molecule has 1 aromatic carbocycles. The number of nitrogens with zero attached hydrogens (tertiary/aromatic N) is 2. The van der Waals surface area contributed by atoms with Crippen LogP contribution in [0.2, 0.25) is 0 Å². The third-order valence-corrected chi connectivity index (χ3v) is 5.44. The largest absolute Gasteiger partial charge is 0.279 e. The summed E-state index contributed by atoms with van der Waals surface area (Å²) in [5.41, 5.74) is 8.35. The summed E-state index contributed by atoms with van der Waals surface area (Å²) in [6.45, 7) is 5.99. The molecule has 0 spiro atoms. The number of carbonyl (C=O) groups excluding carboxylic acids is 2. The minimum atomic E-state index is -0.369. The Morgan fingerprint density at radius 2 is 1.77 bits per heavy atom. The molecule has 0 radical (unpaired) electrons. The van der Waals surface area contributed by atoms with E-state index in [0.717, 1.165) is 23.4 Å². The zero-order chi connectivity index (χ0) is 18.7. The van der Waals surface area contributed by atoms with Gasteiger partial charge in [-0.15, -0.1) is 11.3 Å². The number of aromatic nitrogens is 2. The van der Waals surface area contributed by atoms with E-state index in [9.17, 15) is 9.59 Å². The van der Waals surface area contributed by atoms with Gasteiger partial charge in [0.2, 0.25) is 0 Å². The van der Waals surface area contributed by atoms with Gasteiger partial charge in [-0.3, -0.25) is 20.4 Å². The third-order valence-electron chi connectivity index (χ3n) is 4.06. The molecular weight excluding hydrogens is 348 g/mol. The normalized spacial score (nSPS) is 10.6. The van der Waals surface area contributed by atoms with Crippen LogP contribution in [0.5, 0.6) is 0 Å². The number of hydrogen-bond donors (Lipinski definition) is 2. The minimum Gasteiger partial charge on any atom is -0.267 e. The quantitative estimate of drug-likeness (QED) is 0.695. The second-order valence-electron chi connectivity index (χ2n) is 5.91. The van der Waals surface area contributed by atoms with Crippen molar-refractivity contribution in [1.29, 1.82) is 0 Å². The highest BCUT2D eigenvalue weighted by Gasteiger charge is 2.13. The summed E-state index contributed by atoms with van der Waals surface area (Å²) in [6.07, 6.45) is 2.61.